The Bertz CT molecular complexity index is 989. The molecule has 0 aliphatic heterocycles. The second kappa shape index (κ2) is 14.7. The van der Waals surface area contributed by atoms with Crippen molar-refractivity contribution in [3.8, 4) is 0 Å². The topological polar surface area (TPSA) is 9.86 Å². The minimum atomic E-state index is -0.446. The van der Waals surface area contributed by atoms with E-state index in [0.717, 1.165) is 0 Å². The van der Waals surface area contributed by atoms with Crippen LogP contribution in [0.1, 0.15) is 39.8 Å². The molecule has 0 saturated carbocycles. The van der Waals surface area contributed by atoms with Gasteiger partial charge in [0.05, 0.1) is 0 Å². The average molecular weight is 587 g/mol. The van der Waals surface area contributed by atoms with Crippen LogP contribution >= 0.6 is 7.92 Å². The van der Waals surface area contributed by atoms with Crippen molar-refractivity contribution >= 4 is 23.8 Å². The minimum Gasteiger partial charge on any atom is -1.00 e. The zero-order valence-electron chi connectivity index (χ0n) is 19.4. The maximum atomic E-state index is 2.69. The van der Waals surface area contributed by atoms with E-state index in [0.29, 0.717) is 12.1 Å². The van der Waals surface area contributed by atoms with E-state index in [1.54, 1.807) is 0 Å². The molecule has 0 radical (unpaired) electrons. The van der Waals surface area contributed by atoms with E-state index in [-0.39, 0.29) is 24.8 Å². The standard InChI is InChI=1S/C18H15P.C9H16N2.2ClH.Ru/c1-4-10-16(11-5-1)19(17-12-6-2-7-13-17)18-14-8-3-9-15-18;1-8(2)10-5-6-11(7-10)9(3)4;;;/h1-15H;5-6,8-9H,1-4H3;2*1H;/q;;;;+2/p-2. The van der Waals surface area contributed by atoms with E-state index in [2.05, 4.69) is 158 Å². The zero-order valence-corrected chi connectivity index (χ0v) is 23.6. The Hall–Kier alpha value is -1.50. The summed E-state index contributed by atoms with van der Waals surface area (Å²) in [5.74, 6) is 0. The third-order valence-corrected chi connectivity index (χ3v) is 8.30. The average Bonchev–Trinajstić information content (AvgIpc) is 3.19. The van der Waals surface area contributed by atoms with Gasteiger partial charge in [0.25, 0.3) is 0 Å². The maximum absolute atomic E-state index is 2.69. The van der Waals surface area contributed by atoms with Crippen molar-refractivity contribution in [1.29, 1.82) is 0 Å². The number of halogens is 2. The van der Waals surface area contributed by atoms with Gasteiger partial charge >= 0.3 is 83.2 Å². The quantitative estimate of drug-likeness (QED) is 0.230. The number of benzene rings is 3. The van der Waals surface area contributed by atoms with Gasteiger partial charge in [-0.05, 0) is 23.8 Å². The van der Waals surface area contributed by atoms with Crippen molar-refractivity contribution < 1.29 is 42.7 Å². The molecule has 1 heterocycles. The van der Waals surface area contributed by atoms with Crippen LogP contribution in [0.25, 0.3) is 0 Å². The molecule has 2 nitrogen and oxygen atoms in total. The summed E-state index contributed by atoms with van der Waals surface area (Å²) in [5.41, 5.74) is 0. The van der Waals surface area contributed by atoms with Crippen molar-refractivity contribution in [3.63, 3.8) is 0 Å². The Morgan fingerprint density at radius 1 is 0.545 bits per heavy atom. The van der Waals surface area contributed by atoms with Gasteiger partial charge in [-0.2, -0.15) is 0 Å². The molecule has 0 fully saturated rings. The molecule has 0 aliphatic rings. The fourth-order valence-electron chi connectivity index (χ4n) is 3.33. The van der Waals surface area contributed by atoms with Crippen LogP contribution in [0.15, 0.2) is 103 Å². The van der Waals surface area contributed by atoms with Crippen LogP contribution in [0.4, 0.5) is 0 Å². The van der Waals surface area contributed by atoms with E-state index < -0.39 is 7.92 Å². The second-order valence-corrected chi connectivity index (χ2v) is 10.9. The number of rotatable bonds is 5. The van der Waals surface area contributed by atoms with Gasteiger partial charge in [-0.3, -0.25) is 0 Å². The van der Waals surface area contributed by atoms with E-state index >= 15 is 0 Å². The second-order valence-electron chi connectivity index (χ2n) is 7.90. The number of aromatic nitrogens is 2. The van der Waals surface area contributed by atoms with Crippen LogP contribution in [0.2, 0.25) is 0 Å². The zero-order chi connectivity index (χ0) is 22.2. The molecule has 4 aromatic rings. The van der Waals surface area contributed by atoms with Crippen molar-refractivity contribution in [2.75, 3.05) is 0 Å². The normalized spacial score (nSPS) is 10.3. The van der Waals surface area contributed by atoms with Gasteiger partial charge in [0, 0.05) is 0 Å². The Kier molecular flexibility index (Phi) is 13.2. The first-order valence-corrected chi connectivity index (χ1v) is 12.9. The molecule has 0 N–H and O–H groups in total. The van der Waals surface area contributed by atoms with Crippen LogP contribution in [0.5, 0.6) is 0 Å². The Morgan fingerprint density at radius 3 is 1.03 bits per heavy atom. The van der Waals surface area contributed by atoms with E-state index in [1.807, 2.05) is 0 Å². The summed E-state index contributed by atoms with van der Waals surface area (Å²) in [4.78, 5) is 0. The number of hydrogen-bond acceptors (Lipinski definition) is 0. The number of imidazole rings is 1. The number of hydrogen-bond donors (Lipinski definition) is 0. The molecule has 0 bridgehead atoms. The molecule has 0 atom stereocenters. The predicted octanol–water partition coefficient (Wildman–Crippen LogP) is -0.0170. The van der Waals surface area contributed by atoms with Crippen LogP contribution in [-0.2, 0) is 17.9 Å². The molecule has 0 spiro atoms. The summed E-state index contributed by atoms with van der Waals surface area (Å²) in [7, 11) is -0.446. The molecule has 0 unspecified atom stereocenters. The van der Waals surface area contributed by atoms with Gasteiger partial charge in [-0.25, -0.2) is 0 Å². The molecule has 3 aromatic carbocycles. The van der Waals surface area contributed by atoms with E-state index in [4.69, 9.17) is 0 Å². The van der Waals surface area contributed by atoms with Crippen LogP contribution in [-0.4, -0.2) is 9.13 Å². The smallest absolute Gasteiger partial charge is 0.0134 e. The monoisotopic (exact) mass is 586 g/mol. The fraction of sp³-hybridized carbons (Fsp3) is 0.222. The summed E-state index contributed by atoms with van der Waals surface area (Å²) in [5, 5.41) is 4.19. The van der Waals surface area contributed by atoms with Crippen LogP contribution in [0, 0.1) is 4.01 Å². The van der Waals surface area contributed by atoms with Gasteiger partial charge in [-0.15, -0.1) is 0 Å². The summed E-state index contributed by atoms with van der Waals surface area (Å²) in [6.07, 6.45) is 4.27. The van der Waals surface area contributed by atoms with Gasteiger partial charge in [0.1, 0.15) is 0 Å². The molecule has 0 amide bonds. The summed E-state index contributed by atoms with van der Waals surface area (Å²) >= 11 is 2.69. The molecule has 33 heavy (non-hydrogen) atoms. The minimum absolute atomic E-state index is 0. The first kappa shape index (κ1) is 29.5. The van der Waals surface area contributed by atoms with Crippen molar-refractivity contribution in [2.24, 2.45) is 0 Å². The Balaban J connectivity index is 0.000000342. The van der Waals surface area contributed by atoms with Gasteiger partial charge in [0.15, 0.2) is 0 Å². The molecule has 1 aromatic heterocycles. The fourth-order valence-corrected chi connectivity index (χ4v) is 6.79. The third-order valence-electron chi connectivity index (χ3n) is 4.96. The molecule has 0 aliphatic carbocycles. The van der Waals surface area contributed by atoms with Gasteiger partial charge in [-0.1, -0.05) is 91.0 Å². The van der Waals surface area contributed by atoms with Crippen molar-refractivity contribution in [1.82, 2.24) is 9.13 Å². The molecule has 0 saturated heterocycles. The molecule has 176 valence electrons. The van der Waals surface area contributed by atoms with Crippen LogP contribution < -0.4 is 40.7 Å². The molecule has 4 rings (SSSR count). The Labute approximate surface area is 221 Å². The summed E-state index contributed by atoms with van der Waals surface area (Å²) in [6.45, 7) is 8.78. The van der Waals surface area contributed by atoms with Crippen molar-refractivity contribution in [2.45, 2.75) is 39.8 Å². The molecule has 6 heteroatoms. The SMILES string of the molecule is CC(C)n1ccn(C(C)C)[c]1=[Ru+2].[Cl-].[Cl-].c1ccc(P(c2ccccc2)c2ccccc2)cc1. The molecular weight excluding hydrogens is 555 g/mol. The predicted molar refractivity (Wildman–Crippen MR) is 132 cm³/mol. The Morgan fingerprint density at radius 2 is 0.818 bits per heavy atom. The molecular formula is C27H31Cl2N2PRu. The third kappa shape index (κ3) is 8.04. The van der Waals surface area contributed by atoms with Crippen LogP contribution in [0.3, 0.4) is 0 Å². The van der Waals surface area contributed by atoms with Gasteiger partial charge in [0.2, 0.25) is 0 Å². The van der Waals surface area contributed by atoms with E-state index in [1.165, 1.54) is 19.9 Å². The summed E-state index contributed by atoms with van der Waals surface area (Å²) < 4.78 is 5.78. The summed E-state index contributed by atoms with van der Waals surface area (Å²) in [6, 6.07) is 33.4. The van der Waals surface area contributed by atoms with Crippen molar-refractivity contribution in [3.05, 3.63) is 107 Å². The first-order chi connectivity index (χ1) is 15.0. The number of nitrogens with zero attached hydrogens (tertiary/aromatic N) is 2. The van der Waals surface area contributed by atoms with E-state index in [9.17, 15) is 0 Å². The van der Waals surface area contributed by atoms with Gasteiger partial charge < -0.3 is 24.8 Å². The maximum Gasteiger partial charge on any atom is -0.0134 e. The first-order valence-electron chi connectivity index (χ1n) is 10.7. The largest absolute Gasteiger partial charge is 1.00 e.